The van der Waals surface area contributed by atoms with Gasteiger partial charge >= 0.3 is 0 Å². The molecule has 0 N–H and O–H groups in total. The van der Waals surface area contributed by atoms with Crippen molar-refractivity contribution < 1.29 is 9.53 Å². The number of likely N-dealkylation sites (N-methyl/N-ethyl adjacent to an activating group) is 1. The highest BCUT2D eigenvalue weighted by Gasteiger charge is 2.01. The maximum atomic E-state index is 10.4. The fourth-order valence-electron chi connectivity index (χ4n) is 1.04. The molecule has 1 aromatic rings. The number of anilines is 1. The Morgan fingerprint density at radius 3 is 2.86 bits per heavy atom. The van der Waals surface area contributed by atoms with Crippen molar-refractivity contribution in [1.29, 1.82) is 0 Å². The number of aromatic nitrogens is 1. The normalized spacial score (nSPS) is 9.86. The molecule has 0 atom stereocenters. The van der Waals surface area contributed by atoms with Crippen molar-refractivity contribution in [2.24, 2.45) is 0 Å². The quantitative estimate of drug-likeness (QED) is 0.655. The average molecular weight is 194 g/mol. The van der Waals surface area contributed by atoms with E-state index >= 15 is 0 Å². The lowest BCUT2D eigenvalue weighted by Gasteiger charge is -2.17. The molecule has 0 aliphatic carbocycles. The smallest absolute Gasteiger partial charge is 0.151 e. The van der Waals surface area contributed by atoms with Crippen LogP contribution in [0, 0.1) is 0 Å². The highest BCUT2D eigenvalue weighted by Crippen LogP contribution is 2.07. The lowest BCUT2D eigenvalue weighted by atomic mass is 10.3. The van der Waals surface area contributed by atoms with Crippen LogP contribution in [0.4, 0.5) is 5.82 Å². The van der Waals surface area contributed by atoms with Gasteiger partial charge in [0.25, 0.3) is 0 Å². The monoisotopic (exact) mass is 194 g/mol. The number of pyridine rings is 1. The Hall–Kier alpha value is -1.42. The van der Waals surface area contributed by atoms with Gasteiger partial charge in [-0.15, -0.1) is 0 Å². The number of ether oxygens (including phenoxy) is 1. The van der Waals surface area contributed by atoms with E-state index in [1.165, 1.54) is 0 Å². The summed E-state index contributed by atoms with van der Waals surface area (Å²) >= 11 is 0. The first-order chi connectivity index (χ1) is 6.77. The fraction of sp³-hybridized carbons (Fsp3) is 0.400. The molecule has 0 aromatic carbocycles. The number of hydrogen-bond donors (Lipinski definition) is 0. The number of methoxy groups -OCH3 is 1. The van der Waals surface area contributed by atoms with E-state index in [1.54, 1.807) is 19.4 Å². The second kappa shape index (κ2) is 5.34. The predicted octanol–water partition coefficient (Wildman–Crippen LogP) is 0.977. The van der Waals surface area contributed by atoms with Gasteiger partial charge in [0.05, 0.1) is 6.61 Å². The largest absolute Gasteiger partial charge is 0.383 e. The average Bonchev–Trinajstić information content (AvgIpc) is 2.26. The first-order valence-corrected chi connectivity index (χ1v) is 4.39. The summed E-state index contributed by atoms with van der Waals surface area (Å²) in [5, 5.41) is 0. The first kappa shape index (κ1) is 10.7. The second-order valence-corrected chi connectivity index (χ2v) is 2.98. The molecule has 0 unspecified atom stereocenters. The number of hydrogen-bond acceptors (Lipinski definition) is 4. The van der Waals surface area contributed by atoms with Gasteiger partial charge < -0.3 is 9.64 Å². The molecule has 1 rings (SSSR count). The van der Waals surface area contributed by atoms with Crippen molar-refractivity contribution >= 4 is 12.1 Å². The van der Waals surface area contributed by atoms with E-state index in [1.807, 2.05) is 18.0 Å². The van der Waals surface area contributed by atoms with E-state index in [0.717, 1.165) is 18.6 Å². The Labute approximate surface area is 83.5 Å². The van der Waals surface area contributed by atoms with Crippen molar-refractivity contribution in [2.45, 2.75) is 0 Å². The van der Waals surface area contributed by atoms with Gasteiger partial charge in [-0.2, -0.15) is 0 Å². The zero-order valence-electron chi connectivity index (χ0n) is 8.43. The highest BCUT2D eigenvalue weighted by molar-refractivity contribution is 5.74. The van der Waals surface area contributed by atoms with E-state index in [0.29, 0.717) is 12.2 Å². The SMILES string of the molecule is COCCN(C)c1ccc(C=O)cn1. The number of rotatable bonds is 5. The fourth-order valence-corrected chi connectivity index (χ4v) is 1.04. The van der Waals surface area contributed by atoms with E-state index in [9.17, 15) is 4.79 Å². The van der Waals surface area contributed by atoms with Gasteiger partial charge in [0.2, 0.25) is 0 Å². The summed E-state index contributed by atoms with van der Waals surface area (Å²) in [5.74, 6) is 0.840. The molecule has 0 aliphatic rings. The minimum absolute atomic E-state index is 0.592. The lowest BCUT2D eigenvalue weighted by Crippen LogP contribution is -2.22. The molecular weight excluding hydrogens is 180 g/mol. The van der Waals surface area contributed by atoms with Crippen LogP contribution in [-0.4, -0.2) is 38.6 Å². The van der Waals surface area contributed by atoms with Crippen molar-refractivity contribution in [3.63, 3.8) is 0 Å². The van der Waals surface area contributed by atoms with Gasteiger partial charge in [-0.05, 0) is 12.1 Å². The number of aldehydes is 1. The molecule has 4 nitrogen and oxygen atoms in total. The maximum absolute atomic E-state index is 10.4. The minimum Gasteiger partial charge on any atom is -0.383 e. The molecule has 1 heterocycles. The van der Waals surface area contributed by atoms with Gasteiger partial charge in [-0.1, -0.05) is 0 Å². The predicted molar refractivity (Wildman–Crippen MR) is 54.8 cm³/mol. The summed E-state index contributed by atoms with van der Waals surface area (Å²) in [6.45, 7) is 1.44. The molecule has 0 fully saturated rings. The van der Waals surface area contributed by atoms with Crippen LogP contribution in [0.5, 0.6) is 0 Å². The summed E-state index contributed by atoms with van der Waals surface area (Å²) in [5.41, 5.74) is 0.592. The Balaban J connectivity index is 2.61. The molecule has 0 aliphatic heterocycles. The van der Waals surface area contributed by atoms with Crippen LogP contribution in [0.15, 0.2) is 18.3 Å². The summed E-state index contributed by atoms with van der Waals surface area (Å²) in [6.07, 6.45) is 2.34. The summed E-state index contributed by atoms with van der Waals surface area (Å²) in [7, 11) is 3.60. The van der Waals surface area contributed by atoms with Crippen LogP contribution in [0.1, 0.15) is 10.4 Å². The third-order valence-corrected chi connectivity index (χ3v) is 1.93. The van der Waals surface area contributed by atoms with Crippen LogP contribution in [0.3, 0.4) is 0 Å². The number of carbonyl (C=O) groups is 1. The molecular formula is C10H14N2O2. The molecule has 0 bridgehead atoms. The second-order valence-electron chi connectivity index (χ2n) is 2.98. The Kier molecular flexibility index (Phi) is 4.07. The van der Waals surface area contributed by atoms with Gasteiger partial charge in [0.15, 0.2) is 6.29 Å². The number of carbonyl (C=O) groups excluding carboxylic acids is 1. The van der Waals surface area contributed by atoms with Gasteiger partial charge in [0.1, 0.15) is 5.82 Å². The highest BCUT2D eigenvalue weighted by atomic mass is 16.5. The zero-order chi connectivity index (χ0) is 10.4. The van der Waals surface area contributed by atoms with Crippen LogP contribution in [0.2, 0.25) is 0 Å². The van der Waals surface area contributed by atoms with Crippen LogP contribution < -0.4 is 4.90 Å². The Morgan fingerprint density at radius 2 is 2.36 bits per heavy atom. The molecule has 0 spiro atoms. The summed E-state index contributed by atoms with van der Waals surface area (Å²) < 4.78 is 4.95. The maximum Gasteiger partial charge on any atom is 0.151 e. The third kappa shape index (κ3) is 2.81. The van der Waals surface area contributed by atoms with E-state index in [-0.39, 0.29) is 0 Å². The van der Waals surface area contributed by atoms with Gasteiger partial charge in [0, 0.05) is 32.5 Å². The van der Waals surface area contributed by atoms with Gasteiger partial charge in [-0.3, -0.25) is 4.79 Å². The molecule has 4 heteroatoms. The van der Waals surface area contributed by atoms with E-state index < -0.39 is 0 Å². The number of nitrogens with zero attached hydrogens (tertiary/aromatic N) is 2. The minimum atomic E-state index is 0.592. The Bertz CT molecular complexity index is 285. The van der Waals surface area contributed by atoms with E-state index in [4.69, 9.17) is 4.74 Å². The van der Waals surface area contributed by atoms with Crippen molar-refractivity contribution in [3.05, 3.63) is 23.9 Å². The molecule has 14 heavy (non-hydrogen) atoms. The molecule has 0 saturated heterocycles. The lowest BCUT2D eigenvalue weighted by molar-refractivity contribution is 0.112. The van der Waals surface area contributed by atoms with Crippen molar-refractivity contribution in [2.75, 3.05) is 32.2 Å². The summed E-state index contributed by atoms with van der Waals surface area (Å²) in [6, 6.07) is 3.57. The zero-order valence-corrected chi connectivity index (χ0v) is 8.43. The van der Waals surface area contributed by atoms with Crippen LogP contribution in [-0.2, 0) is 4.74 Å². The van der Waals surface area contributed by atoms with Crippen LogP contribution in [0.25, 0.3) is 0 Å². The van der Waals surface area contributed by atoms with E-state index in [2.05, 4.69) is 4.98 Å². The molecule has 0 radical (unpaired) electrons. The van der Waals surface area contributed by atoms with Crippen LogP contribution >= 0.6 is 0 Å². The first-order valence-electron chi connectivity index (χ1n) is 4.39. The van der Waals surface area contributed by atoms with Crippen molar-refractivity contribution in [3.8, 4) is 0 Å². The van der Waals surface area contributed by atoms with Gasteiger partial charge in [-0.25, -0.2) is 4.98 Å². The topological polar surface area (TPSA) is 42.4 Å². The standard InChI is InChI=1S/C10H14N2O2/c1-12(5-6-14-2)10-4-3-9(8-13)7-11-10/h3-4,7-8H,5-6H2,1-2H3. The van der Waals surface area contributed by atoms with Crippen molar-refractivity contribution in [1.82, 2.24) is 4.98 Å². The Morgan fingerprint density at radius 1 is 1.57 bits per heavy atom. The third-order valence-electron chi connectivity index (χ3n) is 1.93. The summed E-state index contributed by atoms with van der Waals surface area (Å²) in [4.78, 5) is 16.5. The molecule has 1 aromatic heterocycles. The molecule has 0 saturated carbocycles. The molecule has 76 valence electrons. The molecule has 0 amide bonds.